The summed E-state index contributed by atoms with van der Waals surface area (Å²) < 4.78 is 10.7. The molecule has 0 bridgehead atoms. The van der Waals surface area contributed by atoms with Crippen LogP contribution in [0.4, 0.5) is 0 Å². The van der Waals surface area contributed by atoms with Crippen molar-refractivity contribution in [2.75, 3.05) is 46.4 Å². The van der Waals surface area contributed by atoms with Gasteiger partial charge in [-0.3, -0.25) is 4.99 Å². The maximum Gasteiger partial charge on any atom is 0.193 e. The number of guanidine groups is 1. The Balaban J connectivity index is 2.73. The number of ether oxygens (including phenoxy) is 2. The van der Waals surface area contributed by atoms with Crippen molar-refractivity contribution in [3.8, 4) is 11.5 Å². The lowest BCUT2D eigenvalue weighted by atomic mass is 10.2. The molecule has 0 unspecified atom stereocenters. The number of nitrogens with zero attached hydrogens (tertiary/aromatic N) is 2. The number of aliphatic imine (C=N–C) groups is 1. The van der Waals surface area contributed by atoms with Gasteiger partial charge in [-0.25, -0.2) is 0 Å². The molecule has 0 radical (unpaired) electrons. The first-order valence-corrected chi connectivity index (χ1v) is 9.74. The van der Waals surface area contributed by atoms with Crippen LogP contribution in [0.2, 0.25) is 0 Å². The molecule has 1 N–H and O–H groups in total. The van der Waals surface area contributed by atoms with E-state index in [9.17, 15) is 0 Å². The third-order valence-corrected chi connectivity index (χ3v) is 4.31. The Labute approximate surface area is 150 Å². The zero-order valence-electron chi connectivity index (χ0n) is 15.6. The van der Waals surface area contributed by atoms with E-state index in [-0.39, 0.29) is 0 Å². The highest BCUT2D eigenvalue weighted by atomic mass is 32.2. The predicted molar refractivity (Wildman–Crippen MR) is 105 cm³/mol. The molecule has 0 atom stereocenters. The average Bonchev–Trinajstić information content (AvgIpc) is 2.60. The smallest absolute Gasteiger partial charge is 0.193 e. The van der Waals surface area contributed by atoms with Gasteiger partial charge in [0.1, 0.15) is 11.5 Å². The first-order chi connectivity index (χ1) is 11.7. The molecule has 5 nitrogen and oxygen atoms in total. The van der Waals surface area contributed by atoms with Gasteiger partial charge in [0.2, 0.25) is 0 Å². The Kier molecular flexibility index (Phi) is 10.2. The topological polar surface area (TPSA) is 46.1 Å². The Hall–Kier alpha value is -1.56. The second-order valence-electron chi connectivity index (χ2n) is 5.47. The summed E-state index contributed by atoms with van der Waals surface area (Å²) in [5, 5.41) is 3.36. The van der Waals surface area contributed by atoms with Gasteiger partial charge in [0, 0.05) is 38.3 Å². The van der Waals surface area contributed by atoms with Crippen molar-refractivity contribution >= 4 is 17.7 Å². The number of hydrogen-bond donors (Lipinski definition) is 1. The first-order valence-electron chi connectivity index (χ1n) is 8.35. The minimum Gasteiger partial charge on any atom is -0.497 e. The molecule has 0 fully saturated rings. The fraction of sp³-hybridized carbons (Fsp3) is 0.611. The van der Waals surface area contributed by atoms with Crippen molar-refractivity contribution in [2.24, 2.45) is 4.99 Å². The molecule has 0 aliphatic carbocycles. The molecule has 0 saturated carbocycles. The number of nitrogens with one attached hydrogen (secondary N) is 1. The summed E-state index contributed by atoms with van der Waals surface area (Å²) in [7, 11) is 5.39. The fourth-order valence-electron chi connectivity index (χ4n) is 2.33. The zero-order chi connectivity index (χ0) is 17.8. The number of rotatable bonds is 10. The molecular formula is C18H31N3O2S. The van der Waals surface area contributed by atoms with Gasteiger partial charge >= 0.3 is 0 Å². The number of hydrogen-bond acceptors (Lipinski definition) is 4. The molecule has 0 spiro atoms. The quantitative estimate of drug-likeness (QED) is 0.397. The Bertz CT molecular complexity index is 509. The molecule has 0 saturated heterocycles. The number of methoxy groups -OCH3 is 2. The molecule has 0 aliphatic rings. The van der Waals surface area contributed by atoms with E-state index in [1.807, 2.05) is 37.0 Å². The van der Waals surface area contributed by atoms with Gasteiger partial charge in [0.15, 0.2) is 5.96 Å². The van der Waals surface area contributed by atoms with E-state index in [1.165, 1.54) is 12.2 Å². The molecular weight excluding hydrogens is 322 g/mol. The molecule has 0 aliphatic heterocycles. The van der Waals surface area contributed by atoms with Gasteiger partial charge in [0.05, 0.1) is 14.2 Å². The molecule has 0 aromatic heterocycles. The van der Waals surface area contributed by atoms with Crippen molar-refractivity contribution in [3.63, 3.8) is 0 Å². The van der Waals surface area contributed by atoms with E-state index in [0.29, 0.717) is 0 Å². The van der Waals surface area contributed by atoms with Crippen LogP contribution in [0.25, 0.3) is 0 Å². The second-order valence-corrected chi connectivity index (χ2v) is 6.46. The summed E-state index contributed by atoms with van der Waals surface area (Å²) in [6, 6.07) is 5.91. The molecule has 24 heavy (non-hydrogen) atoms. The average molecular weight is 354 g/mol. The highest BCUT2D eigenvalue weighted by Crippen LogP contribution is 2.25. The van der Waals surface area contributed by atoms with Crippen LogP contribution in [-0.4, -0.2) is 57.2 Å². The summed E-state index contributed by atoms with van der Waals surface area (Å²) in [6.45, 7) is 4.52. The van der Waals surface area contributed by atoms with Crippen molar-refractivity contribution in [1.82, 2.24) is 10.2 Å². The third kappa shape index (κ3) is 6.91. The SMILES string of the molecule is CCNC(=NCCCCSC)N(C)Cc1ccc(OC)cc1OC. The lowest BCUT2D eigenvalue weighted by Crippen LogP contribution is -2.38. The van der Waals surface area contributed by atoms with Crippen molar-refractivity contribution in [3.05, 3.63) is 23.8 Å². The molecule has 1 aromatic carbocycles. The summed E-state index contributed by atoms with van der Waals surface area (Å²) in [6.07, 6.45) is 4.47. The summed E-state index contributed by atoms with van der Waals surface area (Å²) in [4.78, 5) is 6.85. The number of thioether (sulfide) groups is 1. The highest BCUT2D eigenvalue weighted by molar-refractivity contribution is 7.98. The predicted octanol–water partition coefficient (Wildman–Crippen LogP) is 3.24. The van der Waals surface area contributed by atoms with E-state index >= 15 is 0 Å². The van der Waals surface area contributed by atoms with Crippen LogP contribution in [0, 0.1) is 0 Å². The summed E-state index contributed by atoms with van der Waals surface area (Å²) in [5.41, 5.74) is 1.11. The summed E-state index contributed by atoms with van der Waals surface area (Å²) in [5.74, 6) is 3.76. The van der Waals surface area contributed by atoms with E-state index in [2.05, 4.69) is 23.4 Å². The molecule has 1 aromatic rings. The Morgan fingerprint density at radius 1 is 1.25 bits per heavy atom. The second kappa shape index (κ2) is 11.9. The van der Waals surface area contributed by atoms with Crippen LogP contribution in [0.3, 0.4) is 0 Å². The number of benzene rings is 1. The normalized spacial score (nSPS) is 11.3. The lowest BCUT2D eigenvalue weighted by molar-refractivity contribution is 0.382. The van der Waals surface area contributed by atoms with E-state index in [1.54, 1.807) is 14.2 Å². The third-order valence-electron chi connectivity index (χ3n) is 3.62. The van der Waals surface area contributed by atoms with Gasteiger partial charge in [-0.05, 0) is 43.9 Å². The largest absolute Gasteiger partial charge is 0.497 e. The minimum absolute atomic E-state index is 0.726. The van der Waals surface area contributed by atoms with Gasteiger partial charge < -0.3 is 19.7 Å². The first kappa shape index (κ1) is 20.5. The molecule has 1 rings (SSSR count). The molecule has 6 heteroatoms. The van der Waals surface area contributed by atoms with Crippen LogP contribution in [0.1, 0.15) is 25.3 Å². The van der Waals surface area contributed by atoms with E-state index < -0.39 is 0 Å². The van der Waals surface area contributed by atoms with Crippen molar-refractivity contribution in [2.45, 2.75) is 26.3 Å². The molecule has 136 valence electrons. The van der Waals surface area contributed by atoms with Crippen LogP contribution < -0.4 is 14.8 Å². The fourth-order valence-corrected chi connectivity index (χ4v) is 2.82. The van der Waals surface area contributed by atoms with Gasteiger partial charge in [-0.15, -0.1) is 0 Å². The van der Waals surface area contributed by atoms with Crippen molar-refractivity contribution < 1.29 is 9.47 Å². The van der Waals surface area contributed by atoms with Crippen LogP contribution >= 0.6 is 11.8 Å². The molecule has 0 heterocycles. The Morgan fingerprint density at radius 2 is 2.04 bits per heavy atom. The maximum atomic E-state index is 5.48. The van der Waals surface area contributed by atoms with E-state index in [4.69, 9.17) is 14.5 Å². The van der Waals surface area contributed by atoms with Gasteiger partial charge in [0.25, 0.3) is 0 Å². The van der Waals surface area contributed by atoms with Crippen LogP contribution in [0.5, 0.6) is 11.5 Å². The minimum atomic E-state index is 0.726. The lowest BCUT2D eigenvalue weighted by Gasteiger charge is -2.23. The number of unbranched alkanes of at least 4 members (excludes halogenated alkanes) is 1. The summed E-state index contributed by atoms with van der Waals surface area (Å²) >= 11 is 1.89. The van der Waals surface area contributed by atoms with Gasteiger partial charge in [-0.2, -0.15) is 11.8 Å². The maximum absolute atomic E-state index is 5.48. The Morgan fingerprint density at radius 3 is 2.67 bits per heavy atom. The monoisotopic (exact) mass is 353 g/mol. The highest BCUT2D eigenvalue weighted by Gasteiger charge is 2.11. The molecule has 0 amide bonds. The standard InChI is InChI=1S/C18H31N3O2S/c1-6-19-18(20-11-7-8-12-24-5)21(2)14-15-9-10-16(22-3)13-17(15)23-4/h9-10,13H,6-8,11-12,14H2,1-5H3,(H,19,20). The zero-order valence-corrected chi connectivity index (χ0v) is 16.4. The van der Waals surface area contributed by atoms with Crippen LogP contribution in [-0.2, 0) is 6.54 Å². The van der Waals surface area contributed by atoms with Gasteiger partial charge in [-0.1, -0.05) is 0 Å². The van der Waals surface area contributed by atoms with E-state index in [0.717, 1.165) is 49.1 Å². The van der Waals surface area contributed by atoms with Crippen molar-refractivity contribution in [1.29, 1.82) is 0 Å². The van der Waals surface area contributed by atoms with Crippen LogP contribution in [0.15, 0.2) is 23.2 Å².